The number of hydrogen-bond donors (Lipinski definition) is 3. The first-order valence-corrected chi connectivity index (χ1v) is 12.1. The molecule has 0 spiro atoms. The first kappa shape index (κ1) is 22.1. The normalized spacial score (nSPS) is 26.9. The summed E-state index contributed by atoms with van der Waals surface area (Å²) < 4.78 is 5.74. The number of fused-ring (bicyclic) bond motifs is 3. The number of anilines is 1. The number of hydrogen-bond acceptors (Lipinski definition) is 5. The van der Waals surface area contributed by atoms with Crippen molar-refractivity contribution in [1.29, 1.82) is 0 Å². The maximum absolute atomic E-state index is 13.2. The van der Waals surface area contributed by atoms with Gasteiger partial charge in [-0.2, -0.15) is 0 Å². The SMILES string of the molecule is CC1C[C@H]2C[C@](CO)(CCC2Nc2c(C(=O)COCc3ccccc3)cnc3[nH]ccc23)C1. The van der Waals surface area contributed by atoms with Crippen molar-refractivity contribution in [3.05, 3.63) is 59.9 Å². The van der Waals surface area contributed by atoms with Gasteiger partial charge in [0.05, 0.1) is 17.9 Å². The van der Waals surface area contributed by atoms with Gasteiger partial charge in [-0.1, -0.05) is 37.3 Å². The Morgan fingerprint density at radius 3 is 2.94 bits per heavy atom. The molecule has 2 aromatic heterocycles. The molecule has 0 aliphatic heterocycles. The van der Waals surface area contributed by atoms with Crippen LogP contribution in [0.15, 0.2) is 48.8 Å². The van der Waals surface area contributed by atoms with Gasteiger partial charge in [-0.3, -0.25) is 4.79 Å². The van der Waals surface area contributed by atoms with Crippen molar-refractivity contribution in [3.8, 4) is 0 Å². The van der Waals surface area contributed by atoms with Crippen LogP contribution in [0.2, 0.25) is 0 Å². The molecule has 2 unspecified atom stereocenters. The van der Waals surface area contributed by atoms with Crippen LogP contribution in [0.5, 0.6) is 0 Å². The van der Waals surface area contributed by atoms with Gasteiger partial charge in [0.15, 0.2) is 5.78 Å². The van der Waals surface area contributed by atoms with Crippen LogP contribution >= 0.6 is 0 Å². The van der Waals surface area contributed by atoms with E-state index in [2.05, 4.69) is 22.2 Å². The molecule has 3 N–H and O–H groups in total. The summed E-state index contributed by atoms with van der Waals surface area (Å²) >= 11 is 0. The Labute approximate surface area is 194 Å². The number of carbonyl (C=O) groups excluding carboxylic acids is 1. The minimum atomic E-state index is -0.0680. The van der Waals surface area contributed by atoms with E-state index in [0.717, 1.165) is 54.4 Å². The van der Waals surface area contributed by atoms with Crippen LogP contribution in [-0.4, -0.2) is 40.1 Å². The molecule has 174 valence electrons. The number of aromatic amines is 1. The van der Waals surface area contributed by atoms with Crippen molar-refractivity contribution in [1.82, 2.24) is 9.97 Å². The second kappa shape index (κ2) is 9.27. The van der Waals surface area contributed by atoms with Crippen LogP contribution < -0.4 is 5.32 Å². The predicted molar refractivity (Wildman–Crippen MR) is 129 cm³/mol. The number of nitrogens with one attached hydrogen (secondary N) is 2. The molecule has 0 saturated heterocycles. The number of aromatic nitrogens is 2. The third-order valence-corrected chi connectivity index (χ3v) is 7.63. The van der Waals surface area contributed by atoms with E-state index in [-0.39, 0.29) is 30.5 Å². The number of pyridine rings is 1. The number of ether oxygens (including phenoxy) is 1. The van der Waals surface area contributed by atoms with E-state index in [1.165, 1.54) is 0 Å². The number of ketones is 1. The summed E-state index contributed by atoms with van der Waals surface area (Å²) in [5.74, 6) is 1.04. The highest BCUT2D eigenvalue weighted by atomic mass is 16.5. The molecular formula is C27H33N3O3. The smallest absolute Gasteiger partial charge is 0.192 e. The van der Waals surface area contributed by atoms with Gasteiger partial charge >= 0.3 is 0 Å². The molecule has 3 aromatic rings. The molecule has 6 heteroatoms. The maximum Gasteiger partial charge on any atom is 0.192 e. The van der Waals surface area contributed by atoms with Crippen LogP contribution in [-0.2, 0) is 11.3 Å². The Hall–Kier alpha value is -2.70. The zero-order chi connectivity index (χ0) is 22.8. The predicted octanol–water partition coefficient (Wildman–Crippen LogP) is 4.95. The third-order valence-electron chi connectivity index (χ3n) is 7.63. The fourth-order valence-electron chi connectivity index (χ4n) is 6.14. The van der Waals surface area contributed by atoms with Crippen molar-refractivity contribution in [2.45, 2.75) is 51.7 Å². The number of nitrogens with zero attached hydrogens (tertiary/aromatic N) is 1. The van der Waals surface area contributed by atoms with Crippen LogP contribution in [0.1, 0.15) is 54.9 Å². The number of carbonyl (C=O) groups is 1. The second-order valence-corrected chi connectivity index (χ2v) is 10.1. The molecule has 33 heavy (non-hydrogen) atoms. The highest BCUT2D eigenvalue weighted by Crippen LogP contribution is 2.51. The minimum Gasteiger partial charge on any atom is -0.396 e. The van der Waals surface area contributed by atoms with Gasteiger partial charge in [-0.25, -0.2) is 4.98 Å². The van der Waals surface area contributed by atoms with E-state index in [9.17, 15) is 9.90 Å². The number of benzene rings is 1. The van der Waals surface area contributed by atoms with Gasteiger partial charge in [-0.15, -0.1) is 0 Å². The van der Waals surface area contributed by atoms with Crippen molar-refractivity contribution >= 4 is 22.5 Å². The summed E-state index contributed by atoms with van der Waals surface area (Å²) in [6.07, 6.45) is 8.88. The number of H-pyrrole nitrogens is 1. The highest BCUT2D eigenvalue weighted by molar-refractivity contribution is 6.08. The summed E-state index contributed by atoms with van der Waals surface area (Å²) in [5.41, 5.74) is 3.33. The van der Waals surface area contributed by atoms with Crippen LogP contribution in [0.25, 0.3) is 11.0 Å². The standard InChI is InChI=1S/C27H33N3O3/c1-18-11-20-13-27(12-18,17-31)9-7-23(20)30-25-21-8-10-28-26(21)29-14-22(25)24(32)16-33-15-19-5-3-2-4-6-19/h2-6,8,10,14,18,20,23,31H,7,9,11-13,15-17H2,1H3,(H2,28,29,30)/t18?,20-,23?,27-/m0/s1. The topological polar surface area (TPSA) is 87.2 Å². The average Bonchev–Trinajstić information content (AvgIpc) is 3.31. The van der Waals surface area contributed by atoms with Crippen molar-refractivity contribution in [2.75, 3.05) is 18.5 Å². The van der Waals surface area contributed by atoms with Crippen LogP contribution in [0.3, 0.4) is 0 Å². The Kier molecular flexibility index (Phi) is 6.21. The molecule has 2 saturated carbocycles. The Bertz CT molecular complexity index is 1110. The maximum atomic E-state index is 13.2. The van der Waals surface area contributed by atoms with Gasteiger partial charge in [0.2, 0.25) is 0 Å². The highest BCUT2D eigenvalue weighted by Gasteiger charge is 2.45. The molecule has 0 amide bonds. The number of rotatable bonds is 8. The van der Waals surface area contributed by atoms with E-state index < -0.39 is 0 Å². The minimum absolute atomic E-state index is 0.0138. The Morgan fingerprint density at radius 1 is 1.27 bits per heavy atom. The lowest BCUT2D eigenvalue weighted by Gasteiger charge is -2.50. The largest absolute Gasteiger partial charge is 0.396 e. The molecule has 1 aromatic carbocycles. The molecule has 2 bridgehead atoms. The van der Waals surface area contributed by atoms with Crippen molar-refractivity contribution in [3.63, 3.8) is 0 Å². The van der Waals surface area contributed by atoms with Gasteiger partial charge in [0, 0.05) is 30.4 Å². The lowest BCUT2D eigenvalue weighted by molar-refractivity contribution is -0.00902. The molecule has 4 atom stereocenters. The van der Waals surface area contributed by atoms with E-state index in [4.69, 9.17) is 4.74 Å². The number of Topliss-reactive ketones (excluding diaryl/α,β-unsaturated/α-hetero) is 1. The lowest BCUT2D eigenvalue weighted by Crippen LogP contribution is -2.47. The van der Waals surface area contributed by atoms with Crippen molar-refractivity contribution < 1.29 is 14.6 Å². The van der Waals surface area contributed by atoms with Gasteiger partial charge < -0.3 is 20.1 Å². The van der Waals surface area contributed by atoms with Gasteiger partial charge in [-0.05, 0) is 61.0 Å². The molecule has 2 aliphatic rings. The number of aliphatic hydroxyl groups excluding tert-OH is 1. The zero-order valence-corrected chi connectivity index (χ0v) is 19.2. The molecule has 2 heterocycles. The summed E-state index contributed by atoms with van der Waals surface area (Å²) in [5, 5.41) is 14.8. The summed E-state index contributed by atoms with van der Waals surface area (Å²) in [6, 6.07) is 12.1. The zero-order valence-electron chi connectivity index (χ0n) is 19.2. The third kappa shape index (κ3) is 4.55. The molecule has 2 aliphatic carbocycles. The van der Waals surface area contributed by atoms with Gasteiger partial charge in [0.25, 0.3) is 0 Å². The van der Waals surface area contributed by atoms with E-state index in [1.807, 2.05) is 42.6 Å². The first-order chi connectivity index (χ1) is 16.1. The fourth-order valence-corrected chi connectivity index (χ4v) is 6.14. The second-order valence-electron chi connectivity index (χ2n) is 10.1. The summed E-state index contributed by atoms with van der Waals surface area (Å²) in [6.45, 7) is 3.00. The Balaban J connectivity index is 1.35. The molecule has 5 rings (SSSR count). The van der Waals surface area contributed by atoms with E-state index >= 15 is 0 Å². The van der Waals surface area contributed by atoms with E-state index in [0.29, 0.717) is 24.0 Å². The van der Waals surface area contributed by atoms with Crippen LogP contribution in [0.4, 0.5) is 5.69 Å². The van der Waals surface area contributed by atoms with Gasteiger partial charge in [0.1, 0.15) is 12.3 Å². The molecular weight excluding hydrogens is 414 g/mol. The average molecular weight is 448 g/mol. The molecule has 0 radical (unpaired) electrons. The summed E-state index contributed by atoms with van der Waals surface area (Å²) in [7, 11) is 0. The van der Waals surface area contributed by atoms with Crippen LogP contribution in [0, 0.1) is 17.3 Å². The fraction of sp³-hybridized carbons (Fsp3) is 0.481. The Morgan fingerprint density at radius 2 is 2.12 bits per heavy atom. The first-order valence-electron chi connectivity index (χ1n) is 12.1. The molecule has 6 nitrogen and oxygen atoms in total. The quantitative estimate of drug-likeness (QED) is 0.425. The van der Waals surface area contributed by atoms with E-state index in [1.54, 1.807) is 6.20 Å². The monoisotopic (exact) mass is 447 g/mol. The number of aliphatic hydroxyl groups is 1. The lowest BCUT2D eigenvalue weighted by atomic mass is 9.58. The summed E-state index contributed by atoms with van der Waals surface area (Å²) in [4.78, 5) is 20.8. The molecule has 2 fully saturated rings. The van der Waals surface area contributed by atoms with Crippen molar-refractivity contribution in [2.24, 2.45) is 17.3 Å².